The maximum atomic E-state index is 14.6. The van der Waals surface area contributed by atoms with Crippen molar-refractivity contribution in [3.8, 4) is 11.5 Å². The molecule has 5 rings (SSSR count). The van der Waals surface area contributed by atoms with Crippen LogP contribution < -0.4 is 10.1 Å². The first-order chi connectivity index (χ1) is 26.4. The molecule has 2 heterocycles. The monoisotopic (exact) mass is 767 g/mol. The number of phenolic OH excluding ortho intramolecular Hbond substituents is 1. The van der Waals surface area contributed by atoms with E-state index in [0.717, 1.165) is 42.4 Å². The van der Waals surface area contributed by atoms with Crippen LogP contribution >= 0.6 is 0 Å². The summed E-state index contributed by atoms with van der Waals surface area (Å²) in [6.45, 7) is 3.62. The first-order valence-electron chi connectivity index (χ1n) is 19.4. The Kier molecular flexibility index (Phi) is 14.9. The van der Waals surface area contributed by atoms with Crippen LogP contribution in [0.4, 0.5) is 0 Å². The van der Waals surface area contributed by atoms with Crippen molar-refractivity contribution in [2.45, 2.75) is 120 Å². The highest BCUT2D eigenvalue weighted by Gasteiger charge is 2.60. The number of ether oxygens (including phenoxy) is 4. The average molecular weight is 768 g/mol. The molecule has 13 heteroatoms. The molecule has 9 unspecified atom stereocenters. The van der Waals surface area contributed by atoms with E-state index in [1.165, 1.54) is 19.3 Å². The zero-order chi connectivity index (χ0) is 39.7. The van der Waals surface area contributed by atoms with Crippen molar-refractivity contribution in [3.63, 3.8) is 0 Å². The number of esters is 2. The molecule has 302 valence electrons. The van der Waals surface area contributed by atoms with E-state index in [4.69, 9.17) is 18.9 Å². The molecule has 1 saturated heterocycles. The van der Waals surface area contributed by atoms with Gasteiger partial charge in [0.1, 0.15) is 12.2 Å². The number of aromatic hydroxyl groups is 1. The lowest BCUT2D eigenvalue weighted by molar-refractivity contribution is -0.333. The van der Waals surface area contributed by atoms with Gasteiger partial charge in [-0.25, -0.2) is 4.79 Å². The lowest BCUT2D eigenvalue weighted by atomic mass is 9.72. The number of fused-ring (bicyclic) bond motifs is 3. The molecule has 2 bridgehead atoms. The first kappa shape index (κ1) is 42.3. The van der Waals surface area contributed by atoms with Crippen LogP contribution in [-0.2, 0) is 36.6 Å². The Morgan fingerprint density at radius 2 is 1.91 bits per heavy atom. The van der Waals surface area contributed by atoms with Crippen molar-refractivity contribution in [1.82, 2.24) is 5.32 Å². The van der Waals surface area contributed by atoms with Crippen LogP contribution in [0.25, 0.3) is 6.08 Å². The Bertz CT molecular complexity index is 1680. The van der Waals surface area contributed by atoms with E-state index in [0.29, 0.717) is 24.8 Å². The minimum atomic E-state index is -2.30. The molecule has 1 fully saturated rings. The SMILES string of the molecule is CCCCCCC(=O)OC1C(O)C2OC(O)(C=CC2NCC(C)O)C1OC(=O)C(=Cc1ccc(O)c(OC)c1)CC1c2cc(CCO)ccc2CCC1CO. The number of hydrogen-bond acceptors (Lipinski definition) is 13. The van der Waals surface area contributed by atoms with Crippen LogP contribution in [0, 0.1) is 5.92 Å². The standard InChI is InChI=1S/C42H57NO12/c1-4-5-6-7-8-36(48)53-39-37(49)38-33(43-23-25(2)46)15-17-42(51,55-38)40(39)54-41(50)30(19-27-10-14-34(47)35(21-27)52-3)22-32-29(24-45)13-12-28-11-9-26(16-18-44)20-31(28)32/h9-11,14-15,17,19-21,25,29,32-33,37-40,43-47,49,51H,4-8,12-13,16,18,22-24H2,1-3H3. The van der Waals surface area contributed by atoms with Gasteiger partial charge >= 0.3 is 11.9 Å². The molecular formula is C42H57NO12. The Labute approximate surface area is 322 Å². The van der Waals surface area contributed by atoms with Gasteiger partial charge in [0.25, 0.3) is 0 Å². The molecule has 2 aliphatic heterocycles. The summed E-state index contributed by atoms with van der Waals surface area (Å²) in [6, 6.07) is 9.89. The zero-order valence-corrected chi connectivity index (χ0v) is 31.9. The first-order valence-corrected chi connectivity index (χ1v) is 19.4. The van der Waals surface area contributed by atoms with Crippen molar-refractivity contribution in [1.29, 1.82) is 0 Å². The molecule has 9 atom stereocenters. The van der Waals surface area contributed by atoms with Crippen LogP contribution in [0.5, 0.6) is 11.5 Å². The molecule has 0 spiro atoms. The van der Waals surface area contributed by atoms with Crippen LogP contribution in [0.1, 0.15) is 87.0 Å². The fourth-order valence-corrected chi connectivity index (χ4v) is 7.82. The number of carbonyl (C=O) groups is 2. The molecule has 0 aromatic heterocycles. The summed E-state index contributed by atoms with van der Waals surface area (Å²) in [5, 5.41) is 67.1. The largest absolute Gasteiger partial charge is 0.504 e. The van der Waals surface area contributed by atoms with E-state index in [1.54, 1.807) is 31.2 Å². The number of aliphatic hydroxyl groups excluding tert-OH is 4. The van der Waals surface area contributed by atoms with Gasteiger partial charge in [-0.15, -0.1) is 0 Å². The van der Waals surface area contributed by atoms with Crippen molar-refractivity contribution in [2.75, 3.05) is 26.9 Å². The molecule has 7 N–H and O–H groups in total. The predicted molar refractivity (Wildman–Crippen MR) is 203 cm³/mol. The van der Waals surface area contributed by atoms with Crippen molar-refractivity contribution >= 4 is 18.0 Å². The molecule has 0 amide bonds. The van der Waals surface area contributed by atoms with Crippen LogP contribution in [0.3, 0.4) is 0 Å². The van der Waals surface area contributed by atoms with Crippen molar-refractivity contribution in [2.24, 2.45) is 5.92 Å². The molecule has 0 radical (unpaired) electrons. The van der Waals surface area contributed by atoms with Crippen molar-refractivity contribution < 1.29 is 59.2 Å². The molecule has 3 aliphatic rings. The smallest absolute Gasteiger partial charge is 0.334 e. The minimum absolute atomic E-state index is 0.0393. The second-order valence-corrected chi connectivity index (χ2v) is 15.0. The van der Waals surface area contributed by atoms with Gasteiger partial charge in [-0.2, -0.15) is 0 Å². The van der Waals surface area contributed by atoms with E-state index in [1.807, 2.05) is 18.2 Å². The summed E-state index contributed by atoms with van der Waals surface area (Å²) >= 11 is 0. The highest BCUT2D eigenvalue weighted by molar-refractivity contribution is 5.94. The third-order valence-corrected chi connectivity index (χ3v) is 10.8. The highest BCUT2D eigenvalue weighted by atomic mass is 16.7. The summed E-state index contributed by atoms with van der Waals surface area (Å²) in [6.07, 6.45) is 3.07. The number of hydrogen-bond donors (Lipinski definition) is 7. The summed E-state index contributed by atoms with van der Waals surface area (Å²) in [4.78, 5) is 27.8. The summed E-state index contributed by atoms with van der Waals surface area (Å²) in [7, 11) is 1.40. The fourth-order valence-electron chi connectivity index (χ4n) is 7.82. The van der Waals surface area contributed by atoms with Crippen molar-refractivity contribution in [3.05, 3.63) is 76.4 Å². The second kappa shape index (κ2) is 19.4. The molecule has 2 aromatic rings. The number of carbonyl (C=O) groups excluding carboxylic acids is 2. The van der Waals surface area contributed by atoms with Gasteiger partial charge in [0, 0.05) is 31.8 Å². The molecule has 1 aliphatic carbocycles. The predicted octanol–water partition coefficient (Wildman–Crippen LogP) is 3.20. The van der Waals surface area contributed by atoms with E-state index >= 15 is 0 Å². The highest BCUT2D eigenvalue weighted by Crippen LogP contribution is 2.43. The average Bonchev–Trinajstić information content (AvgIpc) is 3.17. The van der Waals surface area contributed by atoms with Crippen LogP contribution in [0.15, 0.2) is 54.1 Å². The van der Waals surface area contributed by atoms with Gasteiger partial charge in [-0.3, -0.25) is 4.79 Å². The normalized spacial score (nSPS) is 27.9. The number of rotatable bonds is 18. The van der Waals surface area contributed by atoms with Gasteiger partial charge in [-0.1, -0.05) is 56.5 Å². The fraction of sp³-hybridized carbons (Fsp3) is 0.571. The topological polar surface area (TPSA) is 204 Å². The number of benzene rings is 2. The lowest BCUT2D eigenvalue weighted by Crippen LogP contribution is -2.71. The van der Waals surface area contributed by atoms with E-state index in [2.05, 4.69) is 12.2 Å². The Morgan fingerprint density at radius 1 is 1.11 bits per heavy atom. The van der Waals surface area contributed by atoms with Crippen LogP contribution in [0.2, 0.25) is 0 Å². The second-order valence-electron chi connectivity index (χ2n) is 15.0. The van der Waals surface area contributed by atoms with E-state index in [-0.39, 0.29) is 61.5 Å². The Balaban J connectivity index is 1.53. The third-order valence-electron chi connectivity index (χ3n) is 10.8. The number of aryl methyl sites for hydroxylation is 1. The minimum Gasteiger partial charge on any atom is -0.504 e. The van der Waals surface area contributed by atoms with E-state index < -0.39 is 54.3 Å². The maximum Gasteiger partial charge on any atom is 0.334 e. The van der Waals surface area contributed by atoms with Gasteiger partial charge in [-0.05, 0) is 97.4 Å². The summed E-state index contributed by atoms with van der Waals surface area (Å²) in [5.41, 5.74) is 3.55. The number of methoxy groups -OCH3 is 1. The number of nitrogens with one attached hydrogen (secondary N) is 1. The zero-order valence-electron chi connectivity index (χ0n) is 31.9. The Morgan fingerprint density at radius 3 is 2.62 bits per heavy atom. The van der Waals surface area contributed by atoms with Gasteiger partial charge in [0.05, 0.1) is 19.3 Å². The van der Waals surface area contributed by atoms with Crippen LogP contribution in [-0.4, -0.2) is 112 Å². The van der Waals surface area contributed by atoms with Gasteiger partial charge in [0.15, 0.2) is 23.7 Å². The number of unbranched alkanes of at least 4 members (excludes halogenated alkanes) is 3. The molecule has 55 heavy (non-hydrogen) atoms. The molecule has 0 saturated carbocycles. The quantitative estimate of drug-likeness (QED) is 0.0505. The third kappa shape index (κ3) is 10.3. The Hall–Kier alpha value is -3.82. The summed E-state index contributed by atoms with van der Waals surface area (Å²) in [5.74, 6) is -4.31. The summed E-state index contributed by atoms with van der Waals surface area (Å²) < 4.78 is 23.3. The van der Waals surface area contributed by atoms with Gasteiger partial charge in [0.2, 0.25) is 5.79 Å². The van der Waals surface area contributed by atoms with Gasteiger partial charge < -0.3 is 54.9 Å². The maximum absolute atomic E-state index is 14.6. The van der Waals surface area contributed by atoms with E-state index in [9.17, 15) is 40.2 Å². The molecule has 13 nitrogen and oxygen atoms in total. The molecular weight excluding hydrogens is 710 g/mol. The lowest BCUT2D eigenvalue weighted by Gasteiger charge is -2.51. The number of phenols is 1. The molecule has 2 aromatic carbocycles. The number of aliphatic hydroxyl groups is 5.